The molecule has 202 valence electrons. The van der Waals surface area contributed by atoms with Crippen LogP contribution in [0.4, 0.5) is 0 Å². The van der Waals surface area contributed by atoms with E-state index in [4.69, 9.17) is 4.74 Å². The molecule has 0 radical (unpaired) electrons. The van der Waals surface area contributed by atoms with Gasteiger partial charge >= 0.3 is 5.97 Å². The van der Waals surface area contributed by atoms with Crippen molar-refractivity contribution in [2.45, 2.75) is 83.3 Å². The molecule has 0 saturated carbocycles. The largest absolute Gasteiger partial charge is 0.464 e. The third-order valence-corrected chi connectivity index (χ3v) is 6.62. The zero-order valence-corrected chi connectivity index (χ0v) is 21.9. The van der Waals surface area contributed by atoms with Crippen LogP contribution in [-0.2, 0) is 30.3 Å². The molecule has 3 amide bonds. The molecule has 1 aromatic carbocycles. The lowest BCUT2D eigenvalue weighted by molar-refractivity contribution is -0.153. The minimum absolute atomic E-state index is 0.163. The summed E-state index contributed by atoms with van der Waals surface area (Å²) in [6.45, 7) is 4.42. The van der Waals surface area contributed by atoms with Crippen LogP contribution in [-0.4, -0.2) is 60.0 Å². The van der Waals surface area contributed by atoms with E-state index < -0.39 is 24.0 Å². The molecule has 1 aromatic rings. The highest BCUT2D eigenvalue weighted by Crippen LogP contribution is 2.14. The van der Waals surface area contributed by atoms with Crippen molar-refractivity contribution in [2.75, 3.05) is 13.2 Å². The molecule has 3 rings (SSSR count). The molecule has 0 spiro atoms. The van der Waals surface area contributed by atoms with Crippen LogP contribution in [0.2, 0.25) is 0 Å². The Balaban J connectivity index is 1.82. The maximum atomic E-state index is 13.6. The topological polar surface area (TPSA) is 117 Å². The number of ether oxygens (including phenoxy) is 1. The number of fused-ring (bicyclic) bond motifs is 2. The Hall–Kier alpha value is -3.20. The molecule has 9 nitrogen and oxygen atoms in total. The molecule has 2 aliphatic rings. The van der Waals surface area contributed by atoms with E-state index >= 15 is 0 Å². The van der Waals surface area contributed by atoms with Crippen LogP contribution in [0.25, 0.3) is 0 Å². The van der Waals surface area contributed by atoms with Crippen LogP contribution < -0.4 is 16.1 Å². The van der Waals surface area contributed by atoms with Crippen LogP contribution in [0.3, 0.4) is 0 Å². The average molecular weight is 513 g/mol. The Morgan fingerprint density at radius 3 is 2.49 bits per heavy atom. The number of nitrogens with one attached hydrogen (secondary N) is 3. The van der Waals surface area contributed by atoms with Gasteiger partial charge in [0.15, 0.2) is 0 Å². The van der Waals surface area contributed by atoms with Crippen LogP contribution in [0.1, 0.15) is 64.4 Å². The molecule has 3 N–H and O–H groups in total. The highest BCUT2D eigenvalue weighted by molar-refractivity contribution is 5.92. The Kier molecular flexibility index (Phi) is 11.1. The summed E-state index contributed by atoms with van der Waals surface area (Å²) in [4.78, 5) is 52.2. The molecular formula is C28H40N4O5. The molecule has 1 unspecified atom stereocenters. The summed E-state index contributed by atoms with van der Waals surface area (Å²) >= 11 is 0. The van der Waals surface area contributed by atoms with E-state index in [-0.39, 0.29) is 36.7 Å². The average Bonchev–Trinajstić information content (AvgIpc) is 2.89. The lowest BCUT2D eigenvalue weighted by Gasteiger charge is -2.35. The summed E-state index contributed by atoms with van der Waals surface area (Å²) in [5, 5.41) is 7.18. The second-order valence-electron chi connectivity index (χ2n) is 10.0. The summed E-state index contributed by atoms with van der Waals surface area (Å²) in [6.07, 6.45) is 8.80. The van der Waals surface area contributed by atoms with Gasteiger partial charge in [-0.1, -0.05) is 56.3 Å². The van der Waals surface area contributed by atoms with Gasteiger partial charge in [0.1, 0.15) is 18.1 Å². The molecule has 0 aliphatic carbocycles. The molecule has 0 aromatic heterocycles. The number of cyclic esters (lactones) is 1. The number of rotatable bonds is 3. The van der Waals surface area contributed by atoms with Gasteiger partial charge in [-0.2, -0.15) is 0 Å². The van der Waals surface area contributed by atoms with Crippen LogP contribution in [0.5, 0.6) is 0 Å². The molecule has 37 heavy (non-hydrogen) atoms. The number of amides is 3. The van der Waals surface area contributed by atoms with Gasteiger partial charge in [0.2, 0.25) is 11.8 Å². The van der Waals surface area contributed by atoms with Crippen LogP contribution in [0.15, 0.2) is 42.5 Å². The van der Waals surface area contributed by atoms with Gasteiger partial charge in [-0.05, 0) is 50.0 Å². The van der Waals surface area contributed by atoms with E-state index in [2.05, 4.69) is 16.1 Å². The maximum absolute atomic E-state index is 13.6. The Bertz CT molecular complexity index is 949. The van der Waals surface area contributed by atoms with Gasteiger partial charge in [0, 0.05) is 19.4 Å². The summed E-state index contributed by atoms with van der Waals surface area (Å²) in [6, 6.07) is 7.19. The number of hydrogen-bond acceptors (Lipinski definition) is 6. The molecule has 2 heterocycles. The first-order valence-corrected chi connectivity index (χ1v) is 13.4. The Labute approximate surface area is 219 Å². The van der Waals surface area contributed by atoms with Crippen molar-refractivity contribution in [1.29, 1.82) is 0 Å². The number of nitrogens with zero attached hydrogens (tertiary/aromatic N) is 1. The van der Waals surface area contributed by atoms with Gasteiger partial charge in [0.05, 0.1) is 6.61 Å². The van der Waals surface area contributed by atoms with Crippen molar-refractivity contribution in [3.8, 4) is 0 Å². The van der Waals surface area contributed by atoms with E-state index in [9.17, 15) is 19.2 Å². The quantitative estimate of drug-likeness (QED) is 0.423. The Morgan fingerprint density at radius 1 is 0.973 bits per heavy atom. The molecule has 2 aliphatic heterocycles. The lowest BCUT2D eigenvalue weighted by atomic mass is 10.00. The number of benzene rings is 1. The second kappa shape index (κ2) is 14.5. The van der Waals surface area contributed by atoms with Gasteiger partial charge in [0.25, 0.3) is 5.91 Å². The minimum Gasteiger partial charge on any atom is -0.464 e. The summed E-state index contributed by atoms with van der Waals surface area (Å²) in [7, 11) is 0. The first kappa shape index (κ1) is 28.4. The first-order chi connectivity index (χ1) is 17.8. The SMILES string of the molecule is CC(C)[C@@H]1NC(=O)CCCC/C=C/CCOC(=O)[C@@H]2CCCN(N2)C(=O)C(Cc2ccccc2)NC1=O. The van der Waals surface area contributed by atoms with Crippen molar-refractivity contribution in [2.24, 2.45) is 5.92 Å². The summed E-state index contributed by atoms with van der Waals surface area (Å²) in [5.74, 6) is -1.45. The fraction of sp³-hybridized carbons (Fsp3) is 0.571. The maximum Gasteiger partial charge on any atom is 0.324 e. The number of carbonyl (C=O) groups is 4. The molecule has 2 bridgehead atoms. The number of hydrazine groups is 1. The van der Waals surface area contributed by atoms with Gasteiger partial charge in [-0.3, -0.25) is 24.2 Å². The summed E-state index contributed by atoms with van der Waals surface area (Å²) < 4.78 is 5.43. The highest BCUT2D eigenvalue weighted by Gasteiger charge is 2.35. The number of allylic oxidation sites excluding steroid dienone is 1. The smallest absolute Gasteiger partial charge is 0.324 e. The Morgan fingerprint density at radius 2 is 1.73 bits per heavy atom. The van der Waals surface area contributed by atoms with Gasteiger partial charge < -0.3 is 15.4 Å². The van der Waals surface area contributed by atoms with E-state index in [0.717, 1.165) is 18.4 Å². The minimum atomic E-state index is -0.869. The number of hydrogen-bond donors (Lipinski definition) is 3. The predicted octanol–water partition coefficient (Wildman–Crippen LogP) is 2.41. The van der Waals surface area contributed by atoms with Crippen molar-refractivity contribution in [1.82, 2.24) is 21.1 Å². The molecule has 3 atom stereocenters. The zero-order valence-electron chi connectivity index (χ0n) is 21.9. The van der Waals surface area contributed by atoms with E-state index in [1.807, 2.05) is 56.3 Å². The third-order valence-electron chi connectivity index (χ3n) is 6.62. The van der Waals surface area contributed by atoms with E-state index in [1.165, 1.54) is 5.01 Å². The van der Waals surface area contributed by atoms with E-state index in [1.54, 1.807) is 0 Å². The fourth-order valence-electron chi connectivity index (χ4n) is 4.51. The van der Waals surface area contributed by atoms with Gasteiger partial charge in [-0.25, -0.2) is 5.43 Å². The molecule has 1 saturated heterocycles. The van der Waals surface area contributed by atoms with Crippen LogP contribution >= 0.6 is 0 Å². The monoisotopic (exact) mass is 512 g/mol. The molecular weight excluding hydrogens is 472 g/mol. The molecule has 1 fully saturated rings. The van der Waals surface area contributed by atoms with Crippen molar-refractivity contribution in [3.63, 3.8) is 0 Å². The zero-order chi connectivity index (χ0) is 26.6. The second-order valence-corrected chi connectivity index (χ2v) is 10.0. The van der Waals surface area contributed by atoms with Crippen molar-refractivity contribution < 1.29 is 23.9 Å². The van der Waals surface area contributed by atoms with Crippen LogP contribution in [0, 0.1) is 5.92 Å². The van der Waals surface area contributed by atoms with Crippen molar-refractivity contribution >= 4 is 23.7 Å². The predicted molar refractivity (Wildman–Crippen MR) is 140 cm³/mol. The molecule has 9 heteroatoms. The van der Waals surface area contributed by atoms with Crippen molar-refractivity contribution in [3.05, 3.63) is 48.0 Å². The third kappa shape index (κ3) is 9.00. The lowest BCUT2D eigenvalue weighted by Crippen LogP contribution is -2.62. The normalized spacial score (nSPS) is 26.1. The van der Waals surface area contributed by atoms with Gasteiger partial charge in [-0.15, -0.1) is 0 Å². The summed E-state index contributed by atoms with van der Waals surface area (Å²) in [5.41, 5.74) is 3.91. The number of carbonyl (C=O) groups excluding carboxylic acids is 4. The standard InChI is InChI=1S/C28H40N4O5/c1-20(2)25-26(34)29-23(19-21-13-8-7-9-14-21)27(35)32-17-12-15-22(31-32)28(36)37-18-11-6-4-3-5-10-16-24(33)30-25/h4,6-9,13-14,20,22-23,25,31H,3,5,10-12,15-19H2,1-2H3,(H,29,34)(H,30,33)/b6-4+/t22-,23?,25-/m0/s1. The van der Waals surface area contributed by atoms with E-state index in [0.29, 0.717) is 38.6 Å². The number of esters is 1. The first-order valence-electron chi connectivity index (χ1n) is 13.4. The fourth-order valence-corrected chi connectivity index (χ4v) is 4.51. The highest BCUT2D eigenvalue weighted by atomic mass is 16.5.